The van der Waals surface area contributed by atoms with Crippen LogP contribution in [0.15, 0.2) is 18.3 Å². The lowest BCUT2D eigenvalue weighted by molar-refractivity contribution is 0.369. The van der Waals surface area contributed by atoms with Gasteiger partial charge < -0.3 is 10.1 Å². The zero-order chi connectivity index (χ0) is 12.4. The fourth-order valence-corrected chi connectivity index (χ4v) is 2.59. The molecule has 0 saturated carbocycles. The normalized spacial score (nSPS) is 20.2. The molecule has 0 aliphatic carbocycles. The topological polar surface area (TPSA) is 51.5 Å². The quantitative estimate of drug-likeness (QED) is 0.886. The Morgan fingerprint density at radius 1 is 1.50 bits per heavy atom. The van der Waals surface area contributed by atoms with Gasteiger partial charge in [0, 0.05) is 12.6 Å². The molecule has 2 aromatic rings. The van der Waals surface area contributed by atoms with Crippen LogP contribution in [0.1, 0.15) is 18.7 Å². The van der Waals surface area contributed by atoms with E-state index in [1.807, 2.05) is 22.7 Å². The highest BCUT2D eigenvalue weighted by Gasteiger charge is 2.17. The van der Waals surface area contributed by atoms with Gasteiger partial charge in [-0.05, 0) is 44.0 Å². The molecule has 1 N–H and O–H groups in total. The molecule has 3 rings (SSSR count). The molecule has 0 bridgehead atoms. The second-order valence-electron chi connectivity index (χ2n) is 4.80. The van der Waals surface area contributed by atoms with Crippen LogP contribution in [0.5, 0.6) is 5.75 Å². The summed E-state index contributed by atoms with van der Waals surface area (Å²) in [5.41, 5.74) is 0.804. The predicted octanol–water partition coefficient (Wildman–Crippen LogP) is 1.28. The number of nitrogens with one attached hydrogen (secondary N) is 1. The maximum atomic E-state index is 5.30. The van der Waals surface area contributed by atoms with Gasteiger partial charge in [-0.3, -0.25) is 4.40 Å². The standard InChI is InChI=1S/C13H18N4O/c1-18-11-5-3-7-17-12(15-16-13(11)17)8-10-4-2-6-14-9-10/h3,5,7,10,14H,2,4,6,8-9H2,1H3. The molecule has 0 radical (unpaired) electrons. The molecule has 0 aromatic carbocycles. The summed E-state index contributed by atoms with van der Waals surface area (Å²) in [4.78, 5) is 0. The average molecular weight is 246 g/mol. The third kappa shape index (κ3) is 2.06. The second-order valence-corrected chi connectivity index (χ2v) is 4.80. The molecule has 1 unspecified atom stereocenters. The number of rotatable bonds is 3. The van der Waals surface area contributed by atoms with Gasteiger partial charge in [-0.2, -0.15) is 0 Å². The van der Waals surface area contributed by atoms with Crippen molar-refractivity contribution in [1.29, 1.82) is 0 Å². The average Bonchev–Trinajstić information content (AvgIpc) is 2.83. The summed E-state index contributed by atoms with van der Waals surface area (Å²) in [5, 5.41) is 12.0. The maximum absolute atomic E-state index is 5.30. The van der Waals surface area contributed by atoms with Gasteiger partial charge in [0.25, 0.3) is 0 Å². The van der Waals surface area contributed by atoms with Crippen LogP contribution >= 0.6 is 0 Å². The molecule has 1 fully saturated rings. The van der Waals surface area contributed by atoms with Gasteiger partial charge in [0.2, 0.25) is 5.65 Å². The Bertz CT molecular complexity index is 531. The molecule has 1 saturated heterocycles. The largest absolute Gasteiger partial charge is 0.493 e. The van der Waals surface area contributed by atoms with Gasteiger partial charge in [0.1, 0.15) is 5.82 Å². The number of piperidine rings is 1. The van der Waals surface area contributed by atoms with Gasteiger partial charge in [-0.1, -0.05) is 0 Å². The summed E-state index contributed by atoms with van der Waals surface area (Å²) < 4.78 is 7.33. The van der Waals surface area contributed by atoms with Crippen LogP contribution in [0.3, 0.4) is 0 Å². The smallest absolute Gasteiger partial charge is 0.203 e. The minimum Gasteiger partial charge on any atom is -0.493 e. The first kappa shape index (κ1) is 11.5. The predicted molar refractivity (Wildman–Crippen MR) is 68.8 cm³/mol. The number of hydrogen-bond acceptors (Lipinski definition) is 4. The zero-order valence-corrected chi connectivity index (χ0v) is 10.6. The van der Waals surface area contributed by atoms with E-state index in [4.69, 9.17) is 4.74 Å². The third-order valence-electron chi connectivity index (χ3n) is 3.56. The van der Waals surface area contributed by atoms with Gasteiger partial charge in [0.05, 0.1) is 7.11 Å². The first-order chi connectivity index (χ1) is 8.88. The molecular formula is C13H18N4O. The maximum Gasteiger partial charge on any atom is 0.203 e. The van der Waals surface area contributed by atoms with Gasteiger partial charge in [-0.15, -0.1) is 10.2 Å². The van der Waals surface area contributed by atoms with Crippen molar-refractivity contribution in [3.63, 3.8) is 0 Å². The van der Waals surface area contributed by atoms with Gasteiger partial charge in [0.15, 0.2) is 5.75 Å². The highest BCUT2D eigenvalue weighted by atomic mass is 16.5. The summed E-state index contributed by atoms with van der Waals surface area (Å²) in [6.07, 6.45) is 5.50. The molecule has 0 spiro atoms. The molecule has 1 aliphatic heterocycles. The number of ether oxygens (including phenoxy) is 1. The van der Waals surface area contributed by atoms with E-state index in [2.05, 4.69) is 15.5 Å². The van der Waals surface area contributed by atoms with E-state index in [1.54, 1.807) is 7.11 Å². The van der Waals surface area contributed by atoms with E-state index in [9.17, 15) is 0 Å². The molecule has 18 heavy (non-hydrogen) atoms. The Morgan fingerprint density at radius 3 is 3.22 bits per heavy atom. The molecule has 1 atom stereocenters. The molecule has 5 nitrogen and oxygen atoms in total. The van der Waals surface area contributed by atoms with Gasteiger partial charge in [-0.25, -0.2) is 0 Å². The van der Waals surface area contributed by atoms with E-state index in [0.29, 0.717) is 5.92 Å². The minimum atomic E-state index is 0.664. The monoisotopic (exact) mass is 246 g/mol. The summed E-state index contributed by atoms with van der Waals surface area (Å²) in [6.45, 7) is 2.23. The molecule has 96 valence electrons. The lowest BCUT2D eigenvalue weighted by Crippen LogP contribution is -2.31. The van der Waals surface area contributed by atoms with Crippen LogP contribution in [-0.2, 0) is 6.42 Å². The van der Waals surface area contributed by atoms with Crippen LogP contribution in [0, 0.1) is 5.92 Å². The van der Waals surface area contributed by atoms with Crippen LogP contribution in [0.2, 0.25) is 0 Å². The molecule has 5 heteroatoms. The van der Waals surface area contributed by atoms with E-state index in [-0.39, 0.29) is 0 Å². The number of hydrogen-bond donors (Lipinski definition) is 1. The number of methoxy groups -OCH3 is 1. The van der Waals surface area contributed by atoms with Crippen molar-refractivity contribution in [2.24, 2.45) is 5.92 Å². The van der Waals surface area contributed by atoms with Crippen LogP contribution in [0.4, 0.5) is 0 Å². The Hall–Kier alpha value is -1.62. The van der Waals surface area contributed by atoms with E-state index in [1.165, 1.54) is 12.8 Å². The van der Waals surface area contributed by atoms with E-state index >= 15 is 0 Å². The first-order valence-corrected chi connectivity index (χ1v) is 6.46. The Labute approximate surface area is 106 Å². The molecule has 2 aromatic heterocycles. The van der Waals surface area contributed by atoms with Crippen molar-refractivity contribution >= 4 is 5.65 Å². The zero-order valence-electron chi connectivity index (χ0n) is 10.6. The van der Waals surface area contributed by atoms with Gasteiger partial charge >= 0.3 is 0 Å². The number of nitrogens with zero attached hydrogens (tertiary/aromatic N) is 3. The minimum absolute atomic E-state index is 0.664. The van der Waals surface area contributed by atoms with E-state index in [0.717, 1.165) is 36.7 Å². The number of aromatic nitrogens is 3. The summed E-state index contributed by atoms with van der Waals surface area (Å²) >= 11 is 0. The van der Waals surface area contributed by atoms with Crippen molar-refractivity contribution in [2.75, 3.05) is 20.2 Å². The van der Waals surface area contributed by atoms with Crippen LogP contribution in [0.25, 0.3) is 5.65 Å². The van der Waals surface area contributed by atoms with Crippen molar-refractivity contribution in [1.82, 2.24) is 19.9 Å². The third-order valence-corrected chi connectivity index (χ3v) is 3.56. The molecule has 0 amide bonds. The fraction of sp³-hybridized carbons (Fsp3) is 0.538. The fourth-order valence-electron chi connectivity index (χ4n) is 2.59. The summed E-state index contributed by atoms with van der Waals surface area (Å²) in [5.74, 6) is 2.47. The second kappa shape index (κ2) is 4.94. The van der Waals surface area contributed by atoms with Crippen LogP contribution < -0.4 is 10.1 Å². The highest BCUT2D eigenvalue weighted by molar-refractivity contribution is 5.53. The lowest BCUT2D eigenvalue weighted by Gasteiger charge is -2.21. The van der Waals surface area contributed by atoms with Crippen molar-refractivity contribution in [3.8, 4) is 5.75 Å². The highest BCUT2D eigenvalue weighted by Crippen LogP contribution is 2.20. The van der Waals surface area contributed by atoms with Crippen molar-refractivity contribution < 1.29 is 4.74 Å². The van der Waals surface area contributed by atoms with E-state index < -0.39 is 0 Å². The van der Waals surface area contributed by atoms with Crippen molar-refractivity contribution in [2.45, 2.75) is 19.3 Å². The molecule has 3 heterocycles. The first-order valence-electron chi connectivity index (χ1n) is 6.46. The Kier molecular flexibility index (Phi) is 3.15. The number of fused-ring (bicyclic) bond motifs is 1. The number of pyridine rings is 1. The summed E-state index contributed by atoms with van der Waals surface area (Å²) in [6, 6.07) is 3.88. The lowest BCUT2D eigenvalue weighted by atomic mass is 9.96. The Balaban J connectivity index is 1.88. The SMILES string of the molecule is COc1cccn2c(CC3CCCNC3)nnc12. The molecular weight excluding hydrogens is 228 g/mol. The van der Waals surface area contributed by atoms with Crippen molar-refractivity contribution in [3.05, 3.63) is 24.2 Å². The Morgan fingerprint density at radius 2 is 2.44 bits per heavy atom. The summed E-state index contributed by atoms with van der Waals surface area (Å²) in [7, 11) is 1.66. The van der Waals surface area contributed by atoms with Crippen LogP contribution in [-0.4, -0.2) is 34.8 Å². The molecule has 1 aliphatic rings.